The predicted octanol–water partition coefficient (Wildman–Crippen LogP) is 1.16. The van der Waals surface area contributed by atoms with Crippen molar-refractivity contribution in [3.8, 4) is 0 Å². The van der Waals surface area contributed by atoms with E-state index in [9.17, 15) is 13.2 Å². The molecule has 0 aliphatic heterocycles. The van der Waals surface area contributed by atoms with Crippen molar-refractivity contribution in [3.63, 3.8) is 0 Å². The molecule has 18 heavy (non-hydrogen) atoms. The lowest BCUT2D eigenvalue weighted by Crippen LogP contribution is -2.36. The van der Waals surface area contributed by atoms with Gasteiger partial charge in [-0.05, 0) is 26.0 Å². The van der Waals surface area contributed by atoms with Crippen LogP contribution in [0.2, 0.25) is 0 Å². The minimum absolute atomic E-state index is 0.116. The average Bonchev–Trinajstić information content (AvgIpc) is 2.13. The van der Waals surface area contributed by atoms with Gasteiger partial charge in [0.1, 0.15) is 0 Å². The quantitative estimate of drug-likeness (QED) is 0.840. The Labute approximate surface area is 107 Å². The highest BCUT2D eigenvalue weighted by Gasteiger charge is 2.23. The molecule has 0 atom stereocenters. The first kappa shape index (κ1) is 14.5. The summed E-state index contributed by atoms with van der Waals surface area (Å²) in [5.74, 6) is -0.440. The number of nitrogens with two attached hydrogens (primary N) is 1. The largest absolute Gasteiger partial charge is 0.379 e. The number of carbonyl (C=O) groups is 1. The van der Waals surface area contributed by atoms with E-state index in [1.165, 1.54) is 6.07 Å². The summed E-state index contributed by atoms with van der Waals surface area (Å²) in [5.41, 5.74) is 5.03. The number of para-hydroxylation sites is 1. The van der Waals surface area contributed by atoms with Gasteiger partial charge >= 0.3 is 0 Å². The van der Waals surface area contributed by atoms with Crippen LogP contribution in [0, 0.1) is 0 Å². The third kappa shape index (κ3) is 4.03. The van der Waals surface area contributed by atoms with Crippen molar-refractivity contribution in [2.75, 3.05) is 11.6 Å². The van der Waals surface area contributed by atoms with Gasteiger partial charge in [-0.25, -0.2) is 8.42 Å². The number of hydrogen-bond donors (Lipinski definition) is 2. The second kappa shape index (κ2) is 4.97. The molecule has 1 rings (SSSR count). The van der Waals surface area contributed by atoms with Crippen molar-refractivity contribution in [2.45, 2.75) is 30.7 Å². The monoisotopic (exact) mass is 270 g/mol. The van der Waals surface area contributed by atoms with E-state index in [0.717, 1.165) is 6.26 Å². The van der Waals surface area contributed by atoms with Crippen molar-refractivity contribution in [3.05, 3.63) is 24.3 Å². The fraction of sp³-hybridized carbons (Fsp3) is 0.417. The van der Waals surface area contributed by atoms with Crippen LogP contribution in [0.4, 0.5) is 5.69 Å². The molecule has 0 aliphatic rings. The lowest BCUT2D eigenvalue weighted by Gasteiger charge is -2.27. The van der Waals surface area contributed by atoms with E-state index in [2.05, 4.69) is 5.32 Å². The zero-order valence-corrected chi connectivity index (χ0v) is 11.5. The Morgan fingerprint density at radius 2 is 1.89 bits per heavy atom. The molecule has 0 radical (unpaired) electrons. The molecule has 1 amide bonds. The second-order valence-corrected chi connectivity index (χ2v) is 6.90. The number of sulfone groups is 1. The standard InChI is InChI=1S/C12H18N2O3S/c1-12(2,8-11(13)15)14-9-6-4-5-7-10(9)18(3,16)17/h4-7,14H,8H2,1-3H3,(H2,13,15). The molecule has 0 aromatic heterocycles. The zero-order chi connectivity index (χ0) is 14.0. The SMILES string of the molecule is CC(C)(CC(N)=O)Nc1ccccc1S(C)(=O)=O. The number of benzene rings is 1. The number of rotatable bonds is 5. The Morgan fingerprint density at radius 1 is 1.33 bits per heavy atom. The molecule has 100 valence electrons. The van der Waals surface area contributed by atoms with Gasteiger partial charge in [0, 0.05) is 18.2 Å². The summed E-state index contributed by atoms with van der Waals surface area (Å²) in [7, 11) is -3.31. The lowest BCUT2D eigenvalue weighted by molar-refractivity contribution is -0.118. The highest BCUT2D eigenvalue weighted by molar-refractivity contribution is 7.90. The summed E-state index contributed by atoms with van der Waals surface area (Å²) >= 11 is 0. The van der Waals surface area contributed by atoms with Crippen LogP contribution in [-0.4, -0.2) is 26.1 Å². The molecule has 0 saturated heterocycles. The minimum Gasteiger partial charge on any atom is -0.379 e. The second-order valence-electron chi connectivity index (χ2n) is 4.92. The number of primary amides is 1. The Hall–Kier alpha value is -1.56. The van der Waals surface area contributed by atoms with E-state index < -0.39 is 21.3 Å². The summed E-state index contributed by atoms with van der Waals surface area (Å²) in [4.78, 5) is 11.2. The van der Waals surface area contributed by atoms with Gasteiger partial charge in [-0.15, -0.1) is 0 Å². The van der Waals surface area contributed by atoms with Crippen molar-refractivity contribution in [1.82, 2.24) is 0 Å². The zero-order valence-electron chi connectivity index (χ0n) is 10.7. The summed E-state index contributed by atoms with van der Waals surface area (Å²) in [6, 6.07) is 6.58. The first-order valence-corrected chi connectivity index (χ1v) is 7.36. The van der Waals surface area contributed by atoms with Crippen LogP contribution >= 0.6 is 0 Å². The Kier molecular flexibility index (Phi) is 4.01. The summed E-state index contributed by atoms with van der Waals surface area (Å²) in [6.07, 6.45) is 1.26. The molecule has 1 aromatic carbocycles. The molecule has 0 fully saturated rings. The number of hydrogen-bond acceptors (Lipinski definition) is 4. The first-order valence-electron chi connectivity index (χ1n) is 5.47. The molecule has 1 aromatic rings. The minimum atomic E-state index is -3.31. The molecule has 0 unspecified atom stereocenters. The van der Waals surface area contributed by atoms with Gasteiger partial charge in [-0.2, -0.15) is 0 Å². The Bertz CT molecular complexity index is 550. The Morgan fingerprint density at radius 3 is 2.39 bits per heavy atom. The number of anilines is 1. The van der Waals surface area contributed by atoms with E-state index in [-0.39, 0.29) is 11.3 Å². The van der Waals surface area contributed by atoms with Crippen LogP contribution in [0.5, 0.6) is 0 Å². The van der Waals surface area contributed by atoms with Gasteiger partial charge in [0.05, 0.1) is 10.6 Å². The van der Waals surface area contributed by atoms with E-state index >= 15 is 0 Å². The van der Waals surface area contributed by atoms with Crippen LogP contribution in [0.3, 0.4) is 0 Å². The maximum absolute atomic E-state index is 11.6. The highest BCUT2D eigenvalue weighted by Crippen LogP contribution is 2.25. The van der Waals surface area contributed by atoms with Crippen LogP contribution in [0.15, 0.2) is 29.2 Å². The van der Waals surface area contributed by atoms with E-state index in [1.807, 2.05) is 0 Å². The molecule has 0 bridgehead atoms. The Balaban J connectivity index is 3.09. The predicted molar refractivity (Wildman–Crippen MR) is 71.1 cm³/mol. The van der Waals surface area contributed by atoms with Crippen LogP contribution in [0.1, 0.15) is 20.3 Å². The van der Waals surface area contributed by atoms with Crippen LogP contribution in [0.25, 0.3) is 0 Å². The molecule has 3 N–H and O–H groups in total. The first-order chi connectivity index (χ1) is 8.12. The molecule has 0 saturated carbocycles. The lowest BCUT2D eigenvalue weighted by atomic mass is 10.00. The van der Waals surface area contributed by atoms with Crippen molar-refractivity contribution in [1.29, 1.82) is 0 Å². The maximum atomic E-state index is 11.6. The van der Waals surface area contributed by atoms with Gasteiger partial charge in [0.15, 0.2) is 9.84 Å². The molecule has 5 nitrogen and oxygen atoms in total. The van der Waals surface area contributed by atoms with Crippen molar-refractivity contribution >= 4 is 21.4 Å². The van der Waals surface area contributed by atoms with Gasteiger partial charge in [-0.3, -0.25) is 4.79 Å². The maximum Gasteiger partial charge on any atom is 0.219 e. The van der Waals surface area contributed by atoms with Crippen molar-refractivity contribution in [2.24, 2.45) is 5.73 Å². The fourth-order valence-corrected chi connectivity index (χ4v) is 2.58. The van der Waals surface area contributed by atoms with E-state index in [0.29, 0.717) is 5.69 Å². The fourth-order valence-electron chi connectivity index (χ4n) is 1.74. The summed E-state index contributed by atoms with van der Waals surface area (Å²) < 4.78 is 23.3. The number of carbonyl (C=O) groups excluding carboxylic acids is 1. The normalized spacial score (nSPS) is 12.2. The molecule has 0 spiro atoms. The average molecular weight is 270 g/mol. The van der Waals surface area contributed by atoms with E-state index in [1.54, 1.807) is 32.0 Å². The summed E-state index contributed by atoms with van der Waals surface area (Å²) in [6.45, 7) is 3.58. The third-order valence-corrected chi connectivity index (χ3v) is 3.53. The molecule has 0 aliphatic carbocycles. The van der Waals surface area contributed by atoms with Gasteiger partial charge < -0.3 is 11.1 Å². The highest BCUT2D eigenvalue weighted by atomic mass is 32.2. The smallest absolute Gasteiger partial charge is 0.219 e. The molecule has 0 heterocycles. The van der Waals surface area contributed by atoms with Crippen molar-refractivity contribution < 1.29 is 13.2 Å². The number of amides is 1. The van der Waals surface area contributed by atoms with Crippen LogP contribution < -0.4 is 11.1 Å². The topological polar surface area (TPSA) is 89.3 Å². The van der Waals surface area contributed by atoms with Gasteiger partial charge in [-0.1, -0.05) is 12.1 Å². The summed E-state index contributed by atoms with van der Waals surface area (Å²) in [5, 5.41) is 3.04. The van der Waals surface area contributed by atoms with Gasteiger partial charge in [0.2, 0.25) is 5.91 Å². The number of nitrogens with one attached hydrogen (secondary N) is 1. The third-order valence-electron chi connectivity index (χ3n) is 2.38. The molecular weight excluding hydrogens is 252 g/mol. The van der Waals surface area contributed by atoms with Gasteiger partial charge in [0.25, 0.3) is 0 Å². The molecule has 6 heteroatoms. The van der Waals surface area contributed by atoms with E-state index in [4.69, 9.17) is 5.73 Å². The molecular formula is C12H18N2O3S. The van der Waals surface area contributed by atoms with Crippen LogP contribution in [-0.2, 0) is 14.6 Å².